The molecule has 0 spiro atoms. The Kier molecular flexibility index (Phi) is 5.35. The number of fused-ring (bicyclic) bond motifs is 1. The van der Waals surface area contributed by atoms with E-state index in [0.29, 0.717) is 5.69 Å². The van der Waals surface area contributed by atoms with Crippen molar-refractivity contribution in [2.75, 3.05) is 5.73 Å². The van der Waals surface area contributed by atoms with Gasteiger partial charge in [-0.3, -0.25) is 4.98 Å². The molecular weight excluding hydrogens is 299 g/mol. The number of hydrogen-bond acceptors (Lipinski definition) is 2. The molecule has 0 amide bonds. The first-order chi connectivity index (χ1) is 6.18. The number of rotatable bonds is 0. The lowest BCUT2D eigenvalue weighted by atomic mass is 10.1. The van der Waals surface area contributed by atoms with Crippen LogP contribution in [0.4, 0.5) is 5.69 Å². The smallest absolute Gasteiger partial charge is 0.0744 e. The van der Waals surface area contributed by atoms with Crippen molar-refractivity contribution in [1.29, 1.82) is 0 Å². The van der Waals surface area contributed by atoms with Crippen molar-refractivity contribution in [1.82, 2.24) is 4.98 Å². The predicted molar refractivity (Wildman–Crippen MR) is 73.1 cm³/mol. The molecule has 0 saturated carbocycles. The quantitative estimate of drug-likeness (QED) is 0.805. The molecule has 0 bridgehead atoms. The second-order valence-corrected chi connectivity index (χ2v) is 3.87. The highest BCUT2D eigenvalue weighted by atomic mass is 79.9. The van der Waals surface area contributed by atoms with Gasteiger partial charge in [-0.25, -0.2) is 0 Å². The normalized spacial score (nSPS) is 9.20. The fourth-order valence-corrected chi connectivity index (χ4v) is 1.66. The molecule has 82 valence electrons. The average Bonchev–Trinajstić information content (AvgIpc) is 2.12. The molecule has 1 heterocycles. The van der Waals surface area contributed by atoms with Gasteiger partial charge in [-0.15, -0.1) is 24.8 Å². The summed E-state index contributed by atoms with van der Waals surface area (Å²) < 4.78 is 1.08. The molecule has 0 atom stereocenters. The molecule has 2 nitrogen and oxygen atoms in total. The zero-order chi connectivity index (χ0) is 9.42. The van der Waals surface area contributed by atoms with Crippen molar-refractivity contribution in [2.24, 2.45) is 0 Å². The zero-order valence-electron chi connectivity index (χ0n) is 8.03. The van der Waals surface area contributed by atoms with Gasteiger partial charge >= 0.3 is 0 Å². The van der Waals surface area contributed by atoms with Crippen LogP contribution in [-0.2, 0) is 0 Å². The number of hydrogen-bond donors (Lipinski definition) is 1. The summed E-state index contributed by atoms with van der Waals surface area (Å²) in [4.78, 5) is 4.29. The fourth-order valence-electron chi connectivity index (χ4n) is 1.34. The number of pyridine rings is 1. The minimum absolute atomic E-state index is 0. The molecule has 0 fully saturated rings. The first kappa shape index (κ1) is 14.5. The van der Waals surface area contributed by atoms with E-state index in [1.807, 2.05) is 25.1 Å². The largest absolute Gasteiger partial charge is 0.397 e. The highest BCUT2D eigenvalue weighted by molar-refractivity contribution is 9.10. The van der Waals surface area contributed by atoms with Gasteiger partial charge in [0.2, 0.25) is 0 Å². The highest BCUT2D eigenvalue weighted by Gasteiger charge is 2.02. The van der Waals surface area contributed by atoms with Gasteiger partial charge in [0.1, 0.15) is 0 Å². The maximum Gasteiger partial charge on any atom is 0.0744 e. The Morgan fingerprint density at radius 2 is 1.93 bits per heavy atom. The summed E-state index contributed by atoms with van der Waals surface area (Å²) in [6.45, 7) is 2.04. The van der Waals surface area contributed by atoms with E-state index >= 15 is 0 Å². The van der Waals surface area contributed by atoms with Crippen LogP contribution in [0.2, 0.25) is 0 Å². The Bertz CT molecular complexity index is 474. The van der Waals surface area contributed by atoms with E-state index in [2.05, 4.69) is 20.9 Å². The molecule has 0 saturated heterocycles. The van der Waals surface area contributed by atoms with E-state index in [1.54, 1.807) is 6.20 Å². The number of aromatic nitrogens is 1. The number of halogens is 3. The van der Waals surface area contributed by atoms with Crippen molar-refractivity contribution in [3.05, 3.63) is 34.4 Å². The van der Waals surface area contributed by atoms with Crippen LogP contribution in [0.15, 0.2) is 28.9 Å². The van der Waals surface area contributed by atoms with Crippen molar-refractivity contribution >= 4 is 57.3 Å². The van der Waals surface area contributed by atoms with E-state index in [9.17, 15) is 0 Å². The van der Waals surface area contributed by atoms with Gasteiger partial charge in [0.05, 0.1) is 17.4 Å². The second kappa shape index (κ2) is 5.54. The first-order valence-electron chi connectivity index (χ1n) is 3.99. The van der Waals surface area contributed by atoms with Crippen LogP contribution in [0.1, 0.15) is 5.56 Å². The van der Waals surface area contributed by atoms with Crippen molar-refractivity contribution in [3.8, 4) is 0 Å². The van der Waals surface area contributed by atoms with Crippen LogP contribution >= 0.6 is 40.7 Å². The second-order valence-electron chi connectivity index (χ2n) is 3.01. The van der Waals surface area contributed by atoms with Gasteiger partial charge in [0, 0.05) is 9.86 Å². The minimum atomic E-state index is 0. The van der Waals surface area contributed by atoms with Crippen LogP contribution < -0.4 is 5.73 Å². The Morgan fingerprint density at radius 3 is 2.60 bits per heavy atom. The molecule has 0 aliphatic carbocycles. The third-order valence-electron chi connectivity index (χ3n) is 2.06. The van der Waals surface area contributed by atoms with Crippen LogP contribution in [0, 0.1) is 6.92 Å². The summed E-state index contributed by atoms with van der Waals surface area (Å²) in [5.41, 5.74) is 8.49. The Morgan fingerprint density at radius 1 is 1.27 bits per heavy atom. The highest BCUT2D eigenvalue weighted by Crippen LogP contribution is 2.24. The van der Waals surface area contributed by atoms with Gasteiger partial charge < -0.3 is 5.73 Å². The molecule has 1 aromatic carbocycles. The fraction of sp³-hybridized carbons (Fsp3) is 0.100. The van der Waals surface area contributed by atoms with Crippen LogP contribution in [0.5, 0.6) is 0 Å². The van der Waals surface area contributed by atoms with Crippen molar-refractivity contribution in [2.45, 2.75) is 6.92 Å². The lowest BCUT2D eigenvalue weighted by Gasteiger charge is -2.03. The molecule has 2 rings (SSSR count). The summed E-state index contributed by atoms with van der Waals surface area (Å²) in [7, 11) is 0. The van der Waals surface area contributed by atoms with Gasteiger partial charge in [0.15, 0.2) is 0 Å². The summed E-state index contributed by atoms with van der Waals surface area (Å²) in [6, 6.07) is 5.95. The minimum Gasteiger partial charge on any atom is -0.397 e. The molecule has 0 aliphatic heterocycles. The number of benzene rings is 1. The summed E-state index contributed by atoms with van der Waals surface area (Å²) in [5, 5.41) is 1.08. The molecule has 5 heteroatoms. The molecule has 15 heavy (non-hydrogen) atoms. The van der Waals surface area contributed by atoms with E-state index in [4.69, 9.17) is 5.73 Å². The van der Waals surface area contributed by atoms with Gasteiger partial charge in [-0.1, -0.05) is 22.0 Å². The molecule has 2 N–H and O–H groups in total. The predicted octanol–water partition coefficient (Wildman–Crippen LogP) is 3.73. The standard InChI is InChI=1S/C10H9BrN2.2ClH/c1-6-9(11)3-2-7-4-8(12)5-13-10(6)7;;/h2-5H,12H2,1H3;2*1H. The van der Waals surface area contributed by atoms with Crippen molar-refractivity contribution in [3.63, 3.8) is 0 Å². The summed E-state index contributed by atoms with van der Waals surface area (Å²) in [5.74, 6) is 0. The van der Waals surface area contributed by atoms with Gasteiger partial charge in [-0.05, 0) is 24.6 Å². The Labute approximate surface area is 109 Å². The van der Waals surface area contributed by atoms with Crippen LogP contribution in [0.25, 0.3) is 10.9 Å². The lowest BCUT2D eigenvalue weighted by Crippen LogP contribution is -1.89. The van der Waals surface area contributed by atoms with Crippen LogP contribution in [0.3, 0.4) is 0 Å². The van der Waals surface area contributed by atoms with E-state index in [-0.39, 0.29) is 24.8 Å². The summed E-state index contributed by atoms with van der Waals surface area (Å²) >= 11 is 3.46. The monoisotopic (exact) mass is 308 g/mol. The SMILES string of the molecule is Cc1c(Br)ccc2cc(N)cnc12.Cl.Cl. The van der Waals surface area contributed by atoms with E-state index < -0.39 is 0 Å². The maximum atomic E-state index is 5.64. The Hall–Kier alpha value is -0.510. The molecule has 2 aromatic rings. The number of nitrogens with zero attached hydrogens (tertiary/aromatic N) is 1. The topological polar surface area (TPSA) is 38.9 Å². The van der Waals surface area contributed by atoms with Gasteiger partial charge in [-0.2, -0.15) is 0 Å². The number of nitrogens with two attached hydrogens (primary N) is 1. The third kappa shape index (κ3) is 2.74. The number of aryl methyl sites for hydroxylation is 1. The number of anilines is 1. The first-order valence-corrected chi connectivity index (χ1v) is 4.78. The third-order valence-corrected chi connectivity index (χ3v) is 2.92. The summed E-state index contributed by atoms with van der Waals surface area (Å²) in [6.07, 6.45) is 1.68. The lowest BCUT2D eigenvalue weighted by molar-refractivity contribution is 1.35. The molecule has 0 radical (unpaired) electrons. The van der Waals surface area contributed by atoms with E-state index in [1.165, 1.54) is 0 Å². The maximum absolute atomic E-state index is 5.64. The molecular formula is C10H11BrCl2N2. The Balaban J connectivity index is 0.000000980. The molecule has 0 aliphatic rings. The van der Waals surface area contributed by atoms with Crippen molar-refractivity contribution < 1.29 is 0 Å². The number of nitrogen functional groups attached to an aromatic ring is 1. The van der Waals surface area contributed by atoms with E-state index in [0.717, 1.165) is 20.9 Å². The van der Waals surface area contributed by atoms with Gasteiger partial charge in [0.25, 0.3) is 0 Å². The average molecular weight is 310 g/mol. The molecule has 1 aromatic heterocycles. The van der Waals surface area contributed by atoms with Crippen LogP contribution in [-0.4, -0.2) is 4.98 Å². The zero-order valence-corrected chi connectivity index (χ0v) is 11.2. The molecule has 0 unspecified atom stereocenters.